The smallest absolute Gasteiger partial charge is 0.0638 e. The molecule has 4 heteroatoms. The molecule has 0 bridgehead atoms. The van der Waals surface area contributed by atoms with Crippen molar-refractivity contribution in [3.8, 4) is 0 Å². The van der Waals surface area contributed by atoms with E-state index in [1.165, 1.54) is 5.56 Å². The molecular weight excluding hydrogens is 214 g/mol. The maximum Gasteiger partial charge on any atom is 0.0638 e. The van der Waals surface area contributed by atoms with Crippen molar-refractivity contribution in [2.45, 2.75) is 46.8 Å². The number of hydrogen-bond donors (Lipinski definition) is 2. The summed E-state index contributed by atoms with van der Waals surface area (Å²) in [6, 6.07) is 0. The topological polar surface area (TPSA) is 50.1 Å². The average Bonchev–Trinajstić information content (AvgIpc) is 2.42. The highest BCUT2D eigenvalue weighted by Crippen LogP contribution is 2.21. The Labute approximate surface area is 104 Å². The lowest BCUT2D eigenvalue weighted by atomic mass is 9.87. The van der Waals surface area contributed by atoms with E-state index in [2.05, 4.69) is 24.3 Å². The highest BCUT2D eigenvalue weighted by molar-refractivity contribution is 5.14. The van der Waals surface area contributed by atoms with Gasteiger partial charge in [-0.25, -0.2) is 0 Å². The fourth-order valence-electron chi connectivity index (χ4n) is 2.23. The van der Waals surface area contributed by atoms with E-state index < -0.39 is 0 Å². The van der Waals surface area contributed by atoms with Crippen LogP contribution in [-0.2, 0) is 13.6 Å². The van der Waals surface area contributed by atoms with Crippen LogP contribution in [0.4, 0.5) is 0 Å². The fraction of sp³-hybridized carbons (Fsp3) is 0.769. The van der Waals surface area contributed by atoms with Crippen molar-refractivity contribution in [3.63, 3.8) is 0 Å². The average molecular weight is 239 g/mol. The Kier molecular flexibility index (Phi) is 4.71. The first kappa shape index (κ1) is 14.2. The first-order valence-electron chi connectivity index (χ1n) is 6.18. The largest absolute Gasteiger partial charge is 0.393 e. The molecule has 0 amide bonds. The monoisotopic (exact) mass is 239 g/mol. The molecule has 0 aliphatic rings. The van der Waals surface area contributed by atoms with Crippen molar-refractivity contribution in [2.24, 2.45) is 12.5 Å². The molecule has 1 rings (SSSR count). The van der Waals surface area contributed by atoms with Gasteiger partial charge in [0.1, 0.15) is 0 Å². The van der Waals surface area contributed by atoms with Crippen molar-refractivity contribution in [1.82, 2.24) is 15.1 Å². The molecule has 1 aromatic heterocycles. The summed E-state index contributed by atoms with van der Waals surface area (Å²) in [5, 5.41) is 17.2. The van der Waals surface area contributed by atoms with Crippen LogP contribution in [-0.4, -0.2) is 27.5 Å². The van der Waals surface area contributed by atoms with Crippen molar-refractivity contribution in [3.05, 3.63) is 17.5 Å². The van der Waals surface area contributed by atoms with E-state index in [9.17, 15) is 5.11 Å². The number of rotatable bonds is 6. The molecule has 4 nitrogen and oxygen atoms in total. The summed E-state index contributed by atoms with van der Waals surface area (Å²) >= 11 is 0. The third kappa shape index (κ3) is 4.88. The summed E-state index contributed by atoms with van der Waals surface area (Å²) in [6.45, 7) is 9.94. The zero-order valence-corrected chi connectivity index (χ0v) is 11.6. The van der Waals surface area contributed by atoms with Crippen LogP contribution in [0.15, 0.2) is 6.20 Å². The second-order valence-electron chi connectivity index (χ2n) is 5.73. The summed E-state index contributed by atoms with van der Waals surface area (Å²) < 4.78 is 1.84. The van der Waals surface area contributed by atoms with Crippen LogP contribution in [0.2, 0.25) is 0 Å². The summed E-state index contributed by atoms with van der Waals surface area (Å²) in [7, 11) is 1.94. The normalized spacial score (nSPS) is 14.0. The lowest BCUT2D eigenvalue weighted by Crippen LogP contribution is -2.31. The number of nitrogens with zero attached hydrogens (tertiary/aromatic N) is 2. The highest BCUT2D eigenvalue weighted by Gasteiger charge is 2.19. The number of aliphatic hydroxyl groups is 1. The molecule has 17 heavy (non-hydrogen) atoms. The Hall–Kier alpha value is -0.870. The minimum Gasteiger partial charge on any atom is -0.393 e. The Bertz CT molecular complexity index is 356. The van der Waals surface area contributed by atoms with Crippen LogP contribution >= 0.6 is 0 Å². The molecule has 0 aliphatic carbocycles. The van der Waals surface area contributed by atoms with Gasteiger partial charge in [0, 0.05) is 31.9 Å². The summed E-state index contributed by atoms with van der Waals surface area (Å²) in [5.41, 5.74) is 2.43. The minimum atomic E-state index is -0.244. The molecule has 0 fully saturated rings. The number of hydrogen-bond acceptors (Lipinski definition) is 3. The zero-order chi connectivity index (χ0) is 13.1. The Morgan fingerprint density at radius 1 is 1.53 bits per heavy atom. The Balaban J connectivity index is 2.39. The van der Waals surface area contributed by atoms with E-state index in [1.807, 2.05) is 31.8 Å². The van der Waals surface area contributed by atoms with E-state index >= 15 is 0 Å². The molecule has 0 aromatic carbocycles. The molecule has 1 unspecified atom stereocenters. The van der Waals surface area contributed by atoms with Crippen LogP contribution < -0.4 is 5.32 Å². The highest BCUT2D eigenvalue weighted by atomic mass is 16.3. The number of aryl methyl sites for hydroxylation is 2. The van der Waals surface area contributed by atoms with Gasteiger partial charge in [0.05, 0.1) is 11.8 Å². The van der Waals surface area contributed by atoms with Gasteiger partial charge in [-0.2, -0.15) is 5.10 Å². The second kappa shape index (κ2) is 5.65. The van der Waals surface area contributed by atoms with Crippen molar-refractivity contribution < 1.29 is 5.11 Å². The van der Waals surface area contributed by atoms with Gasteiger partial charge in [-0.15, -0.1) is 0 Å². The second-order valence-corrected chi connectivity index (χ2v) is 5.73. The SMILES string of the molecule is Cc1nn(C)cc1CNCC(C)(C)CC(C)O. The van der Waals surface area contributed by atoms with E-state index in [4.69, 9.17) is 0 Å². The van der Waals surface area contributed by atoms with Gasteiger partial charge >= 0.3 is 0 Å². The summed E-state index contributed by atoms with van der Waals surface area (Å²) in [4.78, 5) is 0. The van der Waals surface area contributed by atoms with Crippen molar-refractivity contribution in [1.29, 1.82) is 0 Å². The van der Waals surface area contributed by atoms with Gasteiger partial charge in [-0.3, -0.25) is 4.68 Å². The molecule has 0 saturated carbocycles. The van der Waals surface area contributed by atoms with Gasteiger partial charge in [0.15, 0.2) is 0 Å². The summed E-state index contributed by atoms with van der Waals surface area (Å²) in [6.07, 6.45) is 2.61. The van der Waals surface area contributed by atoms with Gasteiger partial charge in [0.2, 0.25) is 0 Å². The third-order valence-corrected chi connectivity index (χ3v) is 2.88. The molecule has 0 radical (unpaired) electrons. The predicted molar refractivity (Wildman–Crippen MR) is 69.7 cm³/mol. The molecule has 0 saturated heterocycles. The molecule has 1 aromatic rings. The van der Waals surface area contributed by atoms with E-state index in [0.29, 0.717) is 0 Å². The molecule has 0 aliphatic heterocycles. The van der Waals surface area contributed by atoms with E-state index in [0.717, 1.165) is 25.2 Å². The molecule has 98 valence electrons. The van der Waals surface area contributed by atoms with Crippen LogP contribution in [0.25, 0.3) is 0 Å². The Morgan fingerprint density at radius 2 is 2.18 bits per heavy atom. The number of nitrogens with one attached hydrogen (secondary N) is 1. The van der Waals surface area contributed by atoms with Crippen LogP contribution in [0.5, 0.6) is 0 Å². The van der Waals surface area contributed by atoms with Crippen LogP contribution in [0.3, 0.4) is 0 Å². The van der Waals surface area contributed by atoms with E-state index in [-0.39, 0.29) is 11.5 Å². The molecular formula is C13H25N3O. The van der Waals surface area contributed by atoms with Gasteiger partial charge in [0.25, 0.3) is 0 Å². The fourth-order valence-corrected chi connectivity index (χ4v) is 2.23. The van der Waals surface area contributed by atoms with Crippen LogP contribution in [0, 0.1) is 12.3 Å². The quantitative estimate of drug-likeness (QED) is 0.793. The Morgan fingerprint density at radius 3 is 2.65 bits per heavy atom. The van der Waals surface area contributed by atoms with Crippen molar-refractivity contribution >= 4 is 0 Å². The first-order chi connectivity index (χ1) is 7.80. The number of aliphatic hydroxyl groups excluding tert-OH is 1. The molecule has 1 atom stereocenters. The maximum atomic E-state index is 9.41. The third-order valence-electron chi connectivity index (χ3n) is 2.88. The zero-order valence-electron chi connectivity index (χ0n) is 11.6. The van der Waals surface area contributed by atoms with Gasteiger partial charge in [-0.05, 0) is 25.7 Å². The predicted octanol–water partition coefficient (Wildman–Crippen LogP) is 1.62. The summed E-state index contributed by atoms with van der Waals surface area (Å²) in [5.74, 6) is 0. The minimum absolute atomic E-state index is 0.115. The van der Waals surface area contributed by atoms with Crippen LogP contribution in [0.1, 0.15) is 38.4 Å². The van der Waals surface area contributed by atoms with Gasteiger partial charge < -0.3 is 10.4 Å². The van der Waals surface area contributed by atoms with Crippen molar-refractivity contribution in [2.75, 3.05) is 6.54 Å². The lowest BCUT2D eigenvalue weighted by molar-refractivity contribution is 0.128. The molecule has 0 spiro atoms. The number of aromatic nitrogens is 2. The first-order valence-corrected chi connectivity index (χ1v) is 6.18. The van der Waals surface area contributed by atoms with E-state index in [1.54, 1.807) is 0 Å². The van der Waals surface area contributed by atoms with Gasteiger partial charge in [-0.1, -0.05) is 13.8 Å². The molecule has 2 N–H and O–H groups in total. The lowest BCUT2D eigenvalue weighted by Gasteiger charge is -2.26. The molecule has 1 heterocycles. The maximum absolute atomic E-state index is 9.41. The standard InChI is InChI=1S/C13H25N3O/c1-10(17)6-13(3,4)9-14-7-12-8-16(5)15-11(12)2/h8,10,14,17H,6-7,9H2,1-5H3.